The third kappa shape index (κ3) is 4.43. The number of rotatable bonds is 3. The molecule has 4 aromatic rings. The SMILES string of the molecule is N#C/N=C(/Nc1cccc2ncccc12)N1CCN(c2ccc(-c3ccccc3)nn2)CC1. The summed E-state index contributed by atoms with van der Waals surface area (Å²) in [6.07, 6.45) is 3.70. The number of benzene rings is 2. The summed E-state index contributed by atoms with van der Waals surface area (Å²) in [5.41, 5.74) is 3.67. The summed E-state index contributed by atoms with van der Waals surface area (Å²) in [7, 11) is 0. The van der Waals surface area contributed by atoms with Crippen molar-refractivity contribution in [2.24, 2.45) is 4.99 Å². The van der Waals surface area contributed by atoms with Crippen LogP contribution in [0, 0.1) is 11.5 Å². The Hall–Kier alpha value is -4.51. The molecule has 1 N–H and O–H groups in total. The van der Waals surface area contributed by atoms with E-state index in [2.05, 4.69) is 35.3 Å². The number of pyridine rings is 1. The van der Waals surface area contributed by atoms with Crippen LogP contribution < -0.4 is 10.2 Å². The van der Waals surface area contributed by atoms with Crippen molar-refractivity contribution in [3.8, 4) is 17.5 Å². The van der Waals surface area contributed by atoms with Gasteiger partial charge in [-0.2, -0.15) is 5.26 Å². The molecule has 2 aromatic heterocycles. The normalized spacial score (nSPS) is 14.2. The molecule has 1 aliphatic heterocycles. The van der Waals surface area contributed by atoms with Crippen LogP contribution in [-0.2, 0) is 0 Å². The van der Waals surface area contributed by atoms with Crippen LogP contribution in [-0.4, -0.2) is 52.2 Å². The maximum atomic E-state index is 9.26. The minimum atomic E-state index is 0.541. The summed E-state index contributed by atoms with van der Waals surface area (Å²) in [4.78, 5) is 12.7. The van der Waals surface area contributed by atoms with Crippen LogP contribution in [0.1, 0.15) is 0 Å². The lowest BCUT2D eigenvalue weighted by Crippen LogP contribution is -2.51. The van der Waals surface area contributed by atoms with E-state index in [9.17, 15) is 5.26 Å². The fourth-order valence-corrected chi connectivity index (χ4v) is 3.96. The quantitative estimate of drug-likeness (QED) is 0.298. The summed E-state index contributed by atoms with van der Waals surface area (Å²) in [5.74, 6) is 1.39. The first-order chi connectivity index (χ1) is 16.3. The van der Waals surface area contributed by atoms with Gasteiger partial charge < -0.3 is 15.1 Å². The highest BCUT2D eigenvalue weighted by atomic mass is 15.4. The second kappa shape index (κ2) is 9.32. The molecule has 0 unspecified atom stereocenters. The molecule has 0 amide bonds. The first-order valence-electron chi connectivity index (χ1n) is 10.8. The molecule has 5 rings (SSSR count). The summed E-state index contributed by atoms with van der Waals surface area (Å²) in [6, 6.07) is 23.8. The molecule has 0 aliphatic carbocycles. The van der Waals surface area contributed by atoms with E-state index < -0.39 is 0 Å². The number of anilines is 2. The average Bonchev–Trinajstić information content (AvgIpc) is 2.89. The number of nitriles is 1. The van der Waals surface area contributed by atoms with E-state index in [0.29, 0.717) is 19.0 Å². The van der Waals surface area contributed by atoms with Gasteiger partial charge in [0, 0.05) is 43.3 Å². The van der Waals surface area contributed by atoms with Crippen molar-refractivity contribution in [3.63, 3.8) is 0 Å². The summed E-state index contributed by atoms with van der Waals surface area (Å²) >= 11 is 0. The Morgan fingerprint density at radius 2 is 1.73 bits per heavy atom. The minimum Gasteiger partial charge on any atom is -0.352 e. The molecule has 0 spiro atoms. The zero-order valence-electron chi connectivity index (χ0n) is 18.0. The van der Waals surface area contributed by atoms with Gasteiger partial charge in [0.25, 0.3) is 0 Å². The number of aliphatic imine (C=N–C) groups is 1. The smallest absolute Gasteiger partial charge is 0.214 e. The molecule has 0 atom stereocenters. The highest BCUT2D eigenvalue weighted by Gasteiger charge is 2.22. The zero-order chi connectivity index (χ0) is 22.5. The van der Waals surface area contributed by atoms with Crippen LogP contribution in [0.25, 0.3) is 22.2 Å². The second-order valence-electron chi connectivity index (χ2n) is 7.65. The van der Waals surface area contributed by atoms with Gasteiger partial charge in [-0.1, -0.05) is 36.4 Å². The number of nitrogens with zero attached hydrogens (tertiary/aromatic N) is 7. The lowest BCUT2D eigenvalue weighted by molar-refractivity contribution is 0.383. The van der Waals surface area contributed by atoms with Crippen molar-refractivity contribution in [2.45, 2.75) is 0 Å². The van der Waals surface area contributed by atoms with E-state index in [0.717, 1.165) is 46.8 Å². The summed E-state index contributed by atoms with van der Waals surface area (Å²) < 4.78 is 0. The third-order valence-corrected chi connectivity index (χ3v) is 5.67. The van der Waals surface area contributed by atoms with E-state index in [-0.39, 0.29) is 0 Å². The van der Waals surface area contributed by atoms with E-state index >= 15 is 0 Å². The molecule has 1 fully saturated rings. The molecular formula is C25H22N8. The maximum absolute atomic E-state index is 9.26. The molecule has 162 valence electrons. The average molecular weight is 435 g/mol. The van der Waals surface area contributed by atoms with Gasteiger partial charge in [0.1, 0.15) is 0 Å². The van der Waals surface area contributed by atoms with E-state index in [1.165, 1.54) is 0 Å². The van der Waals surface area contributed by atoms with Gasteiger partial charge in [0.15, 0.2) is 5.82 Å². The van der Waals surface area contributed by atoms with Crippen LogP contribution in [0.5, 0.6) is 0 Å². The maximum Gasteiger partial charge on any atom is 0.214 e. The Balaban J connectivity index is 1.27. The molecule has 1 aliphatic rings. The second-order valence-corrected chi connectivity index (χ2v) is 7.65. The van der Waals surface area contributed by atoms with Gasteiger partial charge in [-0.25, -0.2) is 0 Å². The van der Waals surface area contributed by atoms with E-state index in [4.69, 9.17) is 0 Å². The van der Waals surface area contributed by atoms with Crippen molar-refractivity contribution in [1.82, 2.24) is 20.1 Å². The predicted octanol–water partition coefficient (Wildman–Crippen LogP) is 3.76. The van der Waals surface area contributed by atoms with Crippen molar-refractivity contribution >= 4 is 28.4 Å². The largest absolute Gasteiger partial charge is 0.352 e. The van der Waals surface area contributed by atoms with Gasteiger partial charge in [-0.15, -0.1) is 15.2 Å². The number of fused-ring (bicyclic) bond motifs is 1. The fourth-order valence-electron chi connectivity index (χ4n) is 3.96. The Morgan fingerprint density at radius 3 is 2.48 bits per heavy atom. The van der Waals surface area contributed by atoms with Crippen LogP contribution in [0.2, 0.25) is 0 Å². The Kier molecular flexibility index (Phi) is 5.76. The summed E-state index contributed by atoms with van der Waals surface area (Å²) in [5, 5.41) is 22.4. The van der Waals surface area contributed by atoms with Crippen molar-refractivity contribution in [3.05, 3.63) is 79.0 Å². The molecule has 0 radical (unpaired) electrons. The van der Waals surface area contributed by atoms with Crippen molar-refractivity contribution in [2.75, 3.05) is 36.4 Å². The Bertz CT molecular complexity index is 1300. The molecule has 8 heteroatoms. The van der Waals surface area contributed by atoms with Crippen molar-refractivity contribution in [1.29, 1.82) is 5.26 Å². The lowest BCUT2D eigenvalue weighted by Gasteiger charge is -2.36. The molecule has 0 saturated carbocycles. The first kappa shape index (κ1) is 20.4. The summed E-state index contributed by atoms with van der Waals surface area (Å²) in [6.45, 7) is 2.92. The van der Waals surface area contributed by atoms with Gasteiger partial charge in [0.2, 0.25) is 12.2 Å². The molecule has 1 saturated heterocycles. The fraction of sp³-hybridized carbons (Fsp3) is 0.160. The van der Waals surface area contributed by atoms with Gasteiger partial charge in [0.05, 0.1) is 16.9 Å². The molecule has 2 aromatic carbocycles. The van der Waals surface area contributed by atoms with E-state index in [1.807, 2.05) is 79.0 Å². The predicted molar refractivity (Wildman–Crippen MR) is 130 cm³/mol. The van der Waals surface area contributed by atoms with E-state index in [1.54, 1.807) is 6.20 Å². The highest BCUT2D eigenvalue weighted by Crippen LogP contribution is 2.23. The van der Waals surface area contributed by atoms with Crippen LogP contribution in [0.3, 0.4) is 0 Å². The van der Waals surface area contributed by atoms with Gasteiger partial charge in [-0.3, -0.25) is 4.98 Å². The van der Waals surface area contributed by atoms with Gasteiger partial charge >= 0.3 is 0 Å². The van der Waals surface area contributed by atoms with Crippen LogP contribution in [0.4, 0.5) is 11.5 Å². The number of guanidine groups is 1. The number of piperazine rings is 1. The molecule has 3 heterocycles. The third-order valence-electron chi connectivity index (χ3n) is 5.67. The molecule has 8 nitrogen and oxygen atoms in total. The highest BCUT2D eigenvalue weighted by molar-refractivity contribution is 6.02. The van der Waals surface area contributed by atoms with Gasteiger partial charge in [-0.05, 0) is 36.4 Å². The molecule has 33 heavy (non-hydrogen) atoms. The topological polar surface area (TPSA) is 93.3 Å². The Morgan fingerprint density at radius 1 is 0.879 bits per heavy atom. The number of aromatic nitrogens is 3. The van der Waals surface area contributed by atoms with Crippen molar-refractivity contribution < 1.29 is 0 Å². The zero-order valence-corrected chi connectivity index (χ0v) is 18.0. The molecular weight excluding hydrogens is 412 g/mol. The number of hydrogen-bond donors (Lipinski definition) is 1. The molecule has 0 bridgehead atoms. The number of hydrogen-bond acceptors (Lipinski definition) is 6. The lowest BCUT2D eigenvalue weighted by atomic mass is 10.1. The van der Waals surface area contributed by atoms with Crippen LogP contribution >= 0.6 is 0 Å². The Labute approximate surface area is 191 Å². The minimum absolute atomic E-state index is 0.541. The first-order valence-corrected chi connectivity index (χ1v) is 10.8. The number of nitrogens with one attached hydrogen (secondary N) is 1. The van der Waals surface area contributed by atoms with Crippen LogP contribution in [0.15, 0.2) is 84.0 Å². The monoisotopic (exact) mass is 434 g/mol. The standard InChI is InChI=1S/C25H22N8/c26-18-28-25(29-23-10-4-9-22-20(23)8-5-13-27-22)33-16-14-32(15-17-33)24-12-11-21(30-31-24)19-6-2-1-3-7-19/h1-13H,14-17H2,(H,28,29).